The van der Waals surface area contributed by atoms with E-state index in [0.29, 0.717) is 5.52 Å². The predicted octanol–water partition coefficient (Wildman–Crippen LogP) is 2.60. The van der Waals surface area contributed by atoms with Crippen molar-refractivity contribution in [1.82, 2.24) is 9.97 Å². The zero-order valence-electron chi connectivity index (χ0n) is 11.4. The molecule has 1 aromatic heterocycles. The number of phenolic OH excluding ortho intramolecular Hbond substituents is 1. The maximum atomic E-state index is 9.67. The lowest BCUT2D eigenvalue weighted by Crippen LogP contribution is -2.37. The lowest BCUT2D eigenvalue weighted by molar-refractivity contribution is 0.118. The molecule has 1 aliphatic rings. The van der Waals surface area contributed by atoms with E-state index in [9.17, 15) is 5.11 Å². The van der Waals surface area contributed by atoms with Gasteiger partial charge in [0.15, 0.2) is 0 Å². The van der Waals surface area contributed by atoms with E-state index in [1.807, 2.05) is 7.05 Å². The van der Waals surface area contributed by atoms with Gasteiger partial charge in [0.2, 0.25) is 0 Å². The number of anilines is 1. The van der Waals surface area contributed by atoms with Gasteiger partial charge in [0.05, 0.1) is 17.7 Å². The summed E-state index contributed by atoms with van der Waals surface area (Å²) in [5.41, 5.74) is 0.565. The largest absolute Gasteiger partial charge is 0.506 e. The minimum atomic E-state index is 0.0315. The average Bonchev–Trinajstić information content (AvgIpc) is 2.88. The summed E-state index contributed by atoms with van der Waals surface area (Å²) < 4.78 is 5.61. The minimum Gasteiger partial charge on any atom is -0.506 e. The van der Waals surface area contributed by atoms with Crippen molar-refractivity contribution in [3.63, 3.8) is 0 Å². The van der Waals surface area contributed by atoms with Crippen LogP contribution >= 0.6 is 11.6 Å². The van der Waals surface area contributed by atoms with Crippen molar-refractivity contribution in [2.75, 3.05) is 18.6 Å². The summed E-state index contributed by atoms with van der Waals surface area (Å²) in [5, 5.41) is 10.8. The summed E-state index contributed by atoms with van der Waals surface area (Å²) in [6, 6.07) is 3.64. The Morgan fingerprint density at radius 3 is 2.90 bits per heavy atom. The minimum absolute atomic E-state index is 0.0315. The Bertz CT molecular complexity index is 650. The highest BCUT2D eigenvalue weighted by atomic mass is 35.5. The first-order valence-corrected chi connectivity index (χ1v) is 6.94. The highest BCUT2D eigenvalue weighted by molar-refractivity contribution is 6.36. The van der Waals surface area contributed by atoms with Crippen molar-refractivity contribution < 1.29 is 9.84 Å². The number of halogens is 1. The summed E-state index contributed by atoms with van der Waals surface area (Å²) in [4.78, 5) is 10.7. The van der Waals surface area contributed by atoms with Crippen molar-refractivity contribution in [3.05, 3.63) is 23.5 Å². The molecule has 2 atom stereocenters. The van der Waals surface area contributed by atoms with Crippen LogP contribution in [0.4, 0.5) is 5.82 Å². The lowest BCUT2D eigenvalue weighted by atomic mass is 10.1. The van der Waals surface area contributed by atoms with E-state index in [4.69, 9.17) is 16.3 Å². The maximum Gasteiger partial charge on any atom is 0.140 e. The van der Waals surface area contributed by atoms with Gasteiger partial charge < -0.3 is 14.7 Å². The van der Waals surface area contributed by atoms with E-state index in [0.717, 1.165) is 24.2 Å². The quantitative estimate of drug-likeness (QED) is 0.922. The van der Waals surface area contributed by atoms with Crippen molar-refractivity contribution in [2.24, 2.45) is 0 Å². The molecule has 1 saturated heterocycles. The van der Waals surface area contributed by atoms with E-state index < -0.39 is 0 Å². The molecular formula is C14H16ClN3O2. The maximum absolute atomic E-state index is 9.67. The molecule has 2 aromatic rings. The average molecular weight is 294 g/mol. The van der Waals surface area contributed by atoms with Gasteiger partial charge in [-0.3, -0.25) is 0 Å². The van der Waals surface area contributed by atoms with Crippen LogP contribution < -0.4 is 4.90 Å². The number of fused-ring (bicyclic) bond motifs is 1. The summed E-state index contributed by atoms with van der Waals surface area (Å²) in [6.07, 6.45) is 2.60. The highest BCUT2D eigenvalue weighted by Crippen LogP contribution is 2.35. The Balaban J connectivity index is 2.10. The van der Waals surface area contributed by atoms with Gasteiger partial charge in [0.1, 0.15) is 22.9 Å². The summed E-state index contributed by atoms with van der Waals surface area (Å²) in [5.74, 6) is 0.836. The number of phenols is 1. The van der Waals surface area contributed by atoms with Gasteiger partial charge in [-0.1, -0.05) is 11.6 Å². The second-order valence-corrected chi connectivity index (χ2v) is 5.41. The van der Waals surface area contributed by atoms with Crippen molar-refractivity contribution in [1.29, 1.82) is 0 Å². The third-order valence-corrected chi connectivity index (χ3v) is 4.24. The van der Waals surface area contributed by atoms with Gasteiger partial charge >= 0.3 is 0 Å². The normalized spacial score (nSPS) is 22.4. The molecule has 0 radical (unpaired) electrons. The number of ether oxygens (including phenoxy) is 1. The molecule has 0 aliphatic carbocycles. The number of hydrogen-bond donors (Lipinski definition) is 1. The molecule has 1 aromatic carbocycles. The first-order chi connectivity index (χ1) is 9.59. The second-order valence-electron chi connectivity index (χ2n) is 5.03. The Hall–Kier alpha value is -1.59. The summed E-state index contributed by atoms with van der Waals surface area (Å²) >= 11 is 6.11. The SMILES string of the molecule is CC1OCCC1N(C)c1ncnc2c(Cl)c(O)ccc12. The molecule has 5 nitrogen and oxygen atoms in total. The Morgan fingerprint density at radius 1 is 1.40 bits per heavy atom. The number of aromatic hydroxyl groups is 1. The van der Waals surface area contributed by atoms with Gasteiger partial charge in [0.25, 0.3) is 0 Å². The van der Waals surface area contributed by atoms with Gasteiger partial charge in [-0.15, -0.1) is 0 Å². The number of benzene rings is 1. The van der Waals surface area contributed by atoms with Crippen LogP contribution in [-0.2, 0) is 4.74 Å². The number of hydrogen-bond acceptors (Lipinski definition) is 5. The molecule has 0 saturated carbocycles. The molecule has 3 rings (SSSR count). The third-order valence-electron chi connectivity index (χ3n) is 3.87. The zero-order valence-corrected chi connectivity index (χ0v) is 12.1. The van der Waals surface area contributed by atoms with Crippen LogP contribution in [0.2, 0.25) is 5.02 Å². The van der Waals surface area contributed by atoms with Crippen LogP contribution in [0.15, 0.2) is 18.5 Å². The lowest BCUT2D eigenvalue weighted by Gasteiger charge is -2.28. The smallest absolute Gasteiger partial charge is 0.140 e. The molecule has 2 unspecified atom stereocenters. The fourth-order valence-electron chi connectivity index (χ4n) is 2.74. The molecule has 20 heavy (non-hydrogen) atoms. The topological polar surface area (TPSA) is 58.5 Å². The number of likely N-dealkylation sites (N-methyl/N-ethyl adjacent to an activating group) is 1. The molecule has 0 amide bonds. The standard InChI is InChI=1S/C14H16ClN3O2/c1-8-10(5-6-20-8)18(2)14-9-3-4-11(19)12(15)13(9)16-7-17-14/h3-4,7-8,10,19H,5-6H2,1-2H3. The van der Waals surface area contributed by atoms with Crippen molar-refractivity contribution >= 4 is 28.3 Å². The van der Waals surface area contributed by atoms with E-state index in [1.54, 1.807) is 12.1 Å². The van der Waals surface area contributed by atoms with Crippen LogP contribution in [0, 0.1) is 0 Å². The predicted molar refractivity (Wildman–Crippen MR) is 78.4 cm³/mol. The van der Waals surface area contributed by atoms with Crippen LogP contribution in [0.3, 0.4) is 0 Å². The van der Waals surface area contributed by atoms with Gasteiger partial charge in [-0.2, -0.15) is 0 Å². The molecule has 106 valence electrons. The van der Waals surface area contributed by atoms with Crippen molar-refractivity contribution in [3.8, 4) is 5.75 Å². The molecule has 1 fully saturated rings. The Kier molecular flexibility index (Phi) is 3.40. The molecule has 2 heterocycles. The second kappa shape index (κ2) is 5.07. The number of aromatic nitrogens is 2. The fourth-order valence-corrected chi connectivity index (χ4v) is 2.95. The van der Waals surface area contributed by atoms with E-state index in [1.165, 1.54) is 6.33 Å². The third kappa shape index (κ3) is 2.07. The van der Waals surface area contributed by atoms with Crippen LogP contribution in [0.5, 0.6) is 5.75 Å². The van der Waals surface area contributed by atoms with Gasteiger partial charge in [-0.05, 0) is 25.5 Å². The summed E-state index contributed by atoms with van der Waals surface area (Å²) in [6.45, 7) is 2.83. The van der Waals surface area contributed by atoms with Crippen LogP contribution in [0.25, 0.3) is 10.9 Å². The first kappa shape index (κ1) is 13.4. The van der Waals surface area contributed by atoms with E-state index >= 15 is 0 Å². The van der Waals surface area contributed by atoms with E-state index in [-0.39, 0.29) is 22.9 Å². The molecular weight excluding hydrogens is 278 g/mol. The van der Waals surface area contributed by atoms with E-state index in [2.05, 4.69) is 21.8 Å². The fraction of sp³-hybridized carbons (Fsp3) is 0.429. The number of nitrogens with zero attached hydrogens (tertiary/aromatic N) is 3. The highest BCUT2D eigenvalue weighted by Gasteiger charge is 2.29. The van der Waals surface area contributed by atoms with Crippen molar-refractivity contribution in [2.45, 2.75) is 25.5 Å². The monoisotopic (exact) mass is 293 g/mol. The number of rotatable bonds is 2. The molecule has 0 bridgehead atoms. The summed E-state index contributed by atoms with van der Waals surface area (Å²) in [7, 11) is 2.00. The molecule has 0 spiro atoms. The van der Waals surface area contributed by atoms with Gasteiger partial charge in [0, 0.05) is 19.0 Å². The zero-order chi connectivity index (χ0) is 14.3. The van der Waals surface area contributed by atoms with Crippen LogP contribution in [-0.4, -0.2) is 40.9 Å². The molecule has 6 heteroatoms. The molecule has 1 aliphatic heterocycles. The Labute approximate surface area is 122 Å². The molecule has 1 N–H and O–H groups in total. The first-order valence-electron chi connectivity index (χ1n) is 6.56. The van der Waals surface area contributed by atoms with Crippen LogP contribution in [0.1, 0.15) is 13.3 Å². The van der Waals surface area contributed by atoms with Gasteiger partial charge in [-0.25, -0.2) is 9.97 Å². The Morgan fingerprint density at radius 2 is 2.20 bits per heavy atom.